The summed E-state index contributed by atoms with van der Waals surface area (Å²) in [6.07, 6.45) is 4.56. The molecule has 2 saturated heterocycles. The third kappa shape index (κ3) is 3.71. The molecule has 2 aliphatic rings. The number of ether oxygens (including phenoxy) is 1. The van der Waals surface area contributed by atoms with Gasteiger partial charge in [0.1, 0.15) is 0 Å². The van der Waals surface area contributed by atoms with E-state index in [-0.39, 0.29) is 24.2 Å². The molecule has 2 unspecified atom stereocenters. The van der Waals surface area contributed by atoms with Gasteiger partial charge in [-0.2, -0.15) is 0 Å². The third-order valence-electron chi connectivity index (χ3n) is 4.41. The molecule has 2 rings (SSSR count). The number of carbonyl (C=O) groups is 1. The molecule has 2 heterocycles. The van der Waals surface area contributed by atoms with Gasteiger partial charge in [-0.1, -0.05) is 0 Å². The molecule has 1 N–H and O–H groups in total. The molecule has 6 nitrogen and oxygen atoms in total. The van der Waals surface area contributed by atoms with E-state index < -0.39 is 10.0 Å². The fourth-order valence-electron chi connectivity index (χ4n) is 3.20. The van der Waals surface area contributed by atoms with E-state index in [9.17, 15) is 13.2 Å². The SMILES string of the molecule is COC(=O)CCCS(=O)(=O)N(C)C1CC2CCC(C1)N2. The predicted molar refractivity (Wildman–Crippen MR) is 75.8 cm³/mol. The zero-order chi connectivity index (χ0) is 14.8. The normalized spacial score (nSPS) is 29.6. The van der Waals surface area contributed by atoms with E-state index in [1.54, 1.807) is 7.05 Å². The Morgan fingerprint density at radius 3 is 2.45 bits per heavy atom. The summed E-state index contributed by atoms with van der Waals surface area (Å²) in [6, 6.07) is 1.02. The van der Waals surface area contributed by atoms with Crippen LogP contribution in [0.5, 0.6) is 0 Å². The number of methoxy groups -OCH3 is 1. The number of esters is 1. The molecule has 2 bridgehead atoms. The molecule has 116 valence electrons. The van der Waals surface area contributed by atoms with Gasteiger partial charge in [0.25, 0.3) is 0 Å². The van der Waals surface area contributed by atoms with Crippen molar-refractivity contribution in [2.45, 2.75) is 56.7 Å². The first-order valence-corrected chi connectivity index (χ1v) is 8.82. The van der Waals surface area contributed by atoms with Gasteiger partial charge in [0.15, 0.2) is 0 Å². The molecule has 7 heteroatoms. The fraction of sp³-hybridized carbons (Fsp3) is 0.923. The lowest BCUT2D eigenvalue weighted by molar-refractivity contribution is -0.140. The van der Waals surface area contributed by atoms with E-state index in [0.717, 1.165) is 25.7 Å². The zero-order valence-electron chi connectivity index (χ0n) is 12.2. The number of hydrogen-bond donors (Lipinski definition) is 1. The summed E-state index contributed by atoms with van der Waals surface area (Å²) in [5.41, 5.74) is 0. The van der Waals surface area contributed by atoms with E-state index in [0.29, 0.717) is 18.5 Å². The first-order chi connectivity index (χ1) is 9.42. The van der Waals surface area contributed by atoms with Crippen molar-refractivity contribution in [2.24, 2.45) is 0 Å². The zero-order valence-corrected chi connectivity index (χ0v) is 13.0. The van der Waals surface area contributed by atoms with Gasteiger partial charge in [0.2, 0.25) is 10.0 Å². The highest BCUT2D eigenvalue weighted by atomic mass is 32.2. The summed E-state index contributed by atoms with van der Waals surface area (Å²) >= 11 is 0. The molecule has 0 saturated carbocycles. The summed E-state index contributed by atoms with van der Waals surface area (Å²) in [7, 11) is -0.302. The summed E-state index contributed by atoms with van der Waals surface area (Å²) in [6.45, 7) is 0. The van der Waals surface area contributed by atoms with Crippen molar-refractivity contribution in [3.63, 3.8) is 0 Å². The lowest BCUT2D eigenvalue weighted by Crippen LogP contribution is -2.49. The molecule has 0 radical (unpaired) electrons. The Balaban J connectivity index is 1.86. The smallest absolute Gasteiger partial charge is 0.305 e. The van der Waals surface area contributed by atoms with Crippen LogP contribution in [0.25, 0.3) is 0 Å². The number of fused-ring (bicyclic) bond motifs is 2. The molecule has 2 atom stereocenters. The average Bonchev–Trinajstić information content (AvgIpc) is 2.76. The monoisotopic (exact) mass is 304 g/mol. The molecule has 2 fully saturated rings. The first kappa shape index (κ1) is 15.7. The number of carbonyl (C=O) groups excluding carboxylic acids is 1. The first-order valence-electron chi connectivity index (χ1n) is 7.21. The Hall–Kier alpha value is -0.660. The van der Waals surface area contributed by atoms with Gasteiger partial charge < -0.3 is 10.1 Å². The largest absolute Gasteiger partial charge is 0.469 e. The van der Waals surface area contributed by atoms with Gasteiger partial charge in [-0.05, 0) is 32.1 Å². The third-order valence-corrected chi connectivity index (χ3v) is 6.39. The topological polar surface area (TPSA) is 75.7 Å². The van der Waals surface area contributed by atoms with Crippen molar-refractivity contribution in [3.05, 3.63) is 0 Å². The highest BCUT2D eigenvalue weighted by Gasteiger charge is 2.38. The van der Waals surface area contributed by atoms with Crippen LogP contribution in [0.1, 0.15) is 38.5 Å². The Bertz CT molecular complexity index is 439. The number of piperidine rings is 1. The molecule has 0 aromatic rings. The van der Waals surface area contributed by atoms with E-state index in [4.69, 9.17) is 0 Å². The van der Waals surface area contributed by atoms with Crippen molar-refractivity contribution >= 4 is 16.0 Å². The van der Waals surface area contributed by atoms with Crippen molar-refractivity contribution in [1.29, 1.82) is 0 Å². The van der Waals surface area contributed by atoms with Crippen LogP contribution in [-0.4, -0.2) is 56.7 Å². The Labute approximate surface area is 120 Å². The number of nitrogens with zero attached hydrogens (tertiary/aromatic N) is 1. The molecular weight excluding hydrogens is 280 g/mol. The maximum atomic E-state index is 12.3. The molecule has 0 spiro atoms. The van der Waals surface area contributed by atoms with Crippen LogP contribution in [0.3, 0.4) is 0 Å². The molecule has 20 heavy (non-hydrogen) atoms. The number of rotatable bonds is 6. The van der Waals surface area contributed by atoms with Gasteiger partial charge in [0, 0.05) is 31.6 Å². The molecule has 0 amide bonds. The summed E-state index contributed by atoms with van der Waals surface area (Å²) in [5, 5.41) is 3.51. The molecule has 2 aliphatic heterocycles. The van der Waals surface area contributed by atoms with Crippen molar-refractivity contribution in [1.82, 2.24) is 9.62 Å². The van der Waals surface area contributed by atoms with Crippen LogP contribution in [0.4, 0.5) is 0 Å². The van der Waals surface area contributed by atoms with Crippen LogP contribution < -0.4 is 5.32 Å². The fourth-order valence-corrected chi connectivity index (χ4v) is 4.62. The van der Waals surface area contributed by atoms with Gasteiger partial charge in [-0.15, -0.1) is 0 Å². The van der Waals surface area contributed by atoms with Crippen LogP contribution in [0, 0.1) is 0 Å². The van der Waals surface area contributed by atoms with Crippen molar-refractivity contribution in [3.8, 4) is 0 Å². The van der Waals surface area contributed by atoms with Gasteiger partial charge in [0.05, 0.1) is 12.9 Å². The van der Waals surface area contributed by atoms with Gasteiger partial charge in [-0.25, -0.2) is 12.7 Å². The van der Waals surface area contributed by atoms with E-state index >= 15 is 0 Å². The number of sulfonamides is 1. The number of nitrogens with one attached hydrogen (secondary N) is 1. The quantitative estimate of drug-likeness (QED) is 0.723. The second-order valence-corrected chi connectivity index (χ2v) is 7.92. The molecule has 0 aromatic carbocycles. The lowest BCUT2D eigenvalue weighted by Gasteiger charge is -2.34. The van der Waals surface area contributed by atoms with E-state index in [1.807, 2.05) is 0 Å². The second kappa shape index (κ2) is 6.41. The standard InChI is InChI=1S/C13H24N2O4S/c1-15(12-8-10-5-6-11(9-12)14-10)20(17,18)7-3-4-13(16)19-2/h10-12,14H,3-9H2,1-2H3. The van der Waals surface area contributed by atoms with E-state index in [2.05, 4.69) is 10.1 Å². The van der Waals surface area contributed by atoms with Gasteiger partial charge in [-0.3, -0.25) is 4.79 Å². The highest BCUT2D eigenvalue weighted by Crippen LogP contribution is 2.30. The average molecular weight is 304 g/mol. The maximum absolute atomic E-state index is 12.3. The van der Waals surface area contributed by atoms with Crippen molar-refractivity contribution in [2.75, 3.05) is 19.9 Å². The maximum Gasteiger partial charge on any atom is 0.305 e. The summed E-state index contributed by atoms with van der Waals surface area (Å²) in [4.78, 5) is 11.0. The minimum atomic E-state index is -3.29. The number of hydrogen-bond acceptors (Lipinski definition) is 5. The summed E-state index contributed by atoms with van der Waals surface area (Å²) in [5.74, 6) is -0.347. The minimum Gasteiger partial charge on any atom is -0.469 e. The predicted octanol–water partition coefficient (Wildman–Crippen LogP) is 0.484. The minimum absolute atomic E-state index is 0.0118. The Morgan fingerprint density at radius 2 is 1.90 bits per heavy atom. The van der Waals surface area contributed by atoms with Crippen molar-refractivity contribution < 1.29 is 17.9 Å². The van der Waals surface area contributed by atoms with Crippen LogP contribution in [-0.2, 0) is 19.6 Å². The van der Waals surface area contributed by atoms with E-state index in [1.165, 1.54) is 11.4 Å². The van der Waals surface area contributed by atoms with Crippen LogP contribution >= 0.6 is 0 Å². The molecule has 0 aromatic heterocycles. The Morgan fingerprint density at radius 1 is 1.30 bits per heavy atom. The van der Waals surface area contributed by atoms with Gasteiger partial charge >= 0.3 is 5.97 Å². The second-order valence-electron chi connectivity index (χ2n) is 5.77. The molecule has 0 aliphatic carbocycles. The van der Waals surface area contributed by atoms with Crippen LogP contribution in [0.15, 0.2) is 0 Å². The highest BCUT2D eigenvalue weighted by molar-refractivity contribution is 7.89. The molecular formula is C13H24N2O4S. The lowest BCUT2D eigenvalue weighted by atomic mass is 10.0. The van der Waals surface area contributed by atoms with Crippen LogP contribution in [0.2, 0.25) is 0 Å². The summed E-state index contributed by atoms with van der Waals surface area (Å²) < 4.78 is 30.6. The Kier molecular flexibility index (Phi) is 5.04.